The average molecular weight is 301 g/mol. The summed E-state index contributed by atoms with van der Waals surface area (Å²) in [5, 5.41) is 4.07. The first-order valence-corrected chi connectivity index (χ1v) is 7.55. The summed E-state index contributed by atoms with van der Waals surface area (Å²) in [6.07, 6.45) is 5.02. The van der Waals surface area contributed by atoms with Crippen LogP contribution in [-0.2, 0) is 0 Å². The van der Waals surface area contributed by atoms with Gasteiger partial charge in [0.05, 0.1) is 0 Å². The molecular weight excluding hydrogens is 282 g/mol. The number of amides is 1. The molecule has 1 amide bonds. The molecule has 0 bridgehead atoms. The van der Waals surface area contributed by atoms with Crippen molar-refractivity contribution in [3.63, 3.8) is 0 Å². The Hall–Kier alpha value is -2.31. The lowest BCUT2D eigenvalue weighted by Gasteiger charge is -2.30. The van der Waals surface area contributed by atoms with Gasteiger partial charge in [-0.2, -0.15) is 4.98 Å². The summed E-state index contributed by atoms with van der Waals surface area (Å²) in [5.41, 5.74) is 0. The van der Waals surface area contributed by atoms with Crippen molar-refractivity contribution in [3.8, 4) is 0 Å². The zero-order chi connectivity index (χ0) is 15.5. The molecule has 1 atom stereocenters. The third-order valence-corrected chi connectivity index (χ3v) is 3.78. The van der Waals surface area contributed by atoms with Crippen LogP contribution in [0.1, 0.15) is 60.9 Å². The molecular formula is C15H19N5O2. The third-order valence-electron chi connectivity index (χ3n) is 3.78. The minimum absolute atomic E-state index is 0.109. The highest BCUT2D eigenvalue weighted by Crippen LogP contribution is 2.26. The zero-order valence-electron chi connectivity index (χ0n) is 12.8. The molecule has 0 spiro atoms. The van der Waals surface area contributed by atoms with Crippen LogP contribution in [0, 0.1) is 0 Å². The molecule has 1 fully saturated rings. The van der Waals surface area contributed by atoms with E-state index in [9.17, 15) is 4.79 Å². The minimum Gasteiger partial charge on any atom is -0.339 e. The normalized spacial score (nSPS) is 18.7. The fourth-order valence-corrected chi connectivity index (χ4v) is 2.57. The Morgan fingerprint density at radius 3 is 2.82 bits per heavy atom. The molecule has 7 heteroatoms. The highest BCUT2D eigenvalue weighted by molar-refractivity contribution is 5.90. The van der Waals surface area contributed by atoms with E-state index >= 15 is 0 Å². The van der Waals surface area contributed by atoms with Crippen LogP contribution in [0.25, 0.3) is 0 Å². The van der Waals surface area contributed by atoms with Gasteiger partial charge in [-0.3, -0.25) is 4.79 Å². The molecule has 1 saturated heterocycles. The summed E-state index contributed by atoms with van der Waals surface area (Å²) in [6, 6.07) is 1.70. The second-order valence-corrected chi connectivity index (χ2v) is 5.81. The van der Waals surface area contributed by atoms with Crippen molar-refractivity contribution < 1.29 is 9.32 Å². The number of likely N-dealkylation sites (tertiary alicyclic amines) is 1. The van der Waals surface area contributed by atoms with E-state index < -0.39 is 0 Å². The highest BCUT2D eigenvalue weighted by Gasteiger charge is 2.29. The van der Waals surface area contributed by atoms with E-state index in [0.717, 1.165) is 12.8 Å². The quantitative estimate of drug-likeness (QED) is 0.862. The van der Waals surface area contributed by atoms with Gasteiger partial charge < -0.3 is 9.42 Å². The maximum absolute atomic E-state index is 12.4. The van der Waals surface area contributed by atoms with Gasteiger partial charge in [0.15, 0.2) is 5.82 Å². The average Bonchev–Trinajstić information content (AvgIpc) is 3.05. The van der Waals surface area contributed by atoms with Gasteiger partial charge in [-0.1, -0.05) is 19.0 Å². The van der Waals surface area contributed by atoms with E-state index in [1.54, 1.807) is 23.4 Å². The molecule has 1 aliphatic heterocycles. The molecule has 0 radical (unpaired) electrons. The van der Waals surface area contributed by atoms with E-state index in [4.69, 9.17) is 4.52 Å². The van der Waals surface area contributed by atoms with Crippen molar-refractivity contribution >= 4 is 5.91 Å². The minimum atomic E-state index is -0.141. The molecule has 22 heavy (non-hydrogen) atoms. The summed E-state index contributed by atoms with van der Waals surface area (Å²) < 4.78 is 5.27. The number of hydrogen-bond donors (Lipinski definition) is 0. The number of carbonyl (C=O) groups is 1. The number of nitrogens with zero attached hydrogens (tertiary/aromatic N) is 5. The highest BCUT2D eigenvalue weighted by atomic mass is 16.5. The fourth-order valence-electron chi connectivity index (χ4n) is 2.57. The fraction of sp³-hybridized carbons (Fsp3) is 0.533. The van der Waals surface area contributed by atoms with Crippen LogP contribution >= 0.6 is 0 Å². The van der Waals surface area contributed by atoms with Crippen LogP contribution in [0.15, 0.2) is 23.0 Å². The Morgan fingerprint density at radius 1 is 1.36 bits per heavy atom. The van der Waals surface area contributed by atoms with E-state index in [1.165, 1.54) is 0 Å². The van der Waals surface area contributed by atoms with E-state index in [-0.39, 0.29) is 23.6 Å². The maximum Gasteiger partial charge on any atom is 0.291 e. The predicted octanol–water partition coefficient (Wildman–Crippen LogP) is 2.00. The van der Waals surface area contributed by atoms with Crippen molar-refractivity contribution in [1.29, 1.82) is 0 Å². The molecule has 2 aromatic heterocycles. The Labute approximate surface area is 128 Å². The zero-order valence-corrected chi connectivity index (χ0v) is 12.8. The van der Waals surface area contributed by atoms with Gasteiger partial charge in [-0.05, 0) is 18.9 Å². The number of piperidine rings is 1. The van der Waals surface area contributed by atoms with Crippen LogP contribution in [0.5, 0.6) is 0 Å². The molecule has 2 aromatic rings. The summed E-state index contributed by atoms with van der Waals surface area (Å²) in [6.45, 7) is 5.32. The lowest BCUT2D eigenvalue weighted by molar-refractivity contribution is 0.0691. The molecule has 7 nitrogen and oxygen atoms in total. The summed E-state index contributed by atoms with van der Waals surface area (Å²) in [5.74, 6) is 1.75. The number of rotatable bonds is 3. The topological polar surface area (TPSA) is 85.0 Å². The number of aromatic nitrogens is 4. The molecule has 3 rings (SSSR count). The molecule has 0 saturated carbocycles. The van der Waals surface area contributed by atoms with Crippen LogP contribution in [-0.4, -0.2) is 44.0 Å². The second-order valence-electron chi connectivity index (χ2n) is 5.81. The second kappa shape index (κ2) is 6.21. The molecule has 0 aliphatic carbocycles. The lowest BCUT2D eigenvalue weighted by Crippen LogP contribution is -2.40. The van der Waals surface area contributed by atoms with Crippen LogP contribution in [0.2, 0.25) is 0 Å². The van der Waals surface area contributed by atoms with E-state index in [2.05, 4.69) is 20.1 Å². The Bertz CT molecular complexity index is 640. The predicted molar refractivity (Wildman–Crippen MR) is 78.3 cm³/mol. The Kier molecular flexibility index (Phi) is 4.13. The third kappa shape index (κ3) is 2.98. The first kappa shape index (κ1) is 14.6. The molecule has 0 N–H and O–H groups in total. The molecule has 1 unspecified atom stereocenters. The largest absolute Gasteiger partial charge is 0.339 e. The smallest absolute Gasteiger partial charge is 0.291 e. The summed E-state index contributed by atoms with van der Waals surface area (Å²) in [7, 11) is 0. The Morgan fingerprint density at radius 2 is 2.14 bits per heavy atom. The van der Waals surface area contributed by atoms with Gasteiger partial charge in [0.2, 0.25) is 11.7 Å². The molecule has 1 aliphatic rings. The molecule has 116 valence electrons. The standard InChI is InChI=1S/C15H19N5O2/c1-10(2)14-18-12(19-22-14)11-5-3-8-20(9-11)15(21)13-16-6-4-7-17-13/h4,6-7,10-11H,3,5,8-9H2,1-2H3. The SMILES string of the molecule is CC(C)c1nc(C2CCCN(C(=O)c3ncccn3)C2)no1. The first-order chi connectivity index (χ1) is 10.6. The van der Waals surface area contributed by atoms with Gasteiger partial charge in [0.1, 0.15) is 0 Å². The molecule has 3 heterocycles. The van der Waals surface area contributed by atoms with E-state index in [0.29, 0.717) is 24.8 Å². The maximum atomic E-state index is 12.4. The van der Waals surface area contributed by atoms with Gasteiger partial charge >= 0.3 is 0 Å². The van der Waals surface area contributed by atoms with Gasteiger partial charge in [0.25, 0.3) is 5.91 Å². The van der Waals surface area contributed by atoms with Gasteiger partial charge in [0, 0.05) is 37.3 Å². The number of hydrogen-bond acceptors (Lipinski definition) is 6. The van der Waals surface area contributed by atoms with Crippen LogP contribution < -0.4 is 0 Å². The van der Waals surface area contributed by atoms with Crippen molar-refractivity contribution in [2.45, 2.75) is 38.5 Å². The monoisotopic (exact) mass is 301 g/mol. The number of carbonyl (C=O) groups excluding carboxylic acids is 1. The lowest BCUT2D eigenvalue weighted by atomic mass is 9.97. The van der Waals surface area contributed by atoms with Gasteiger partial charge in [-0.15, -0.1) is 0 Å². The van der Waals surface area contributed by atoms with E-state index in [1.807, 2.05) is 13.8 Å². The van der Waals surface area contributed by atoms with Crippen LogP contribution in [0.3, 0.4) is 0 Å². The van der Waals surface area contributed by atoms with Crippen molar-refractivity contribution in [2.75, 3.05) is 13.1 Å². The summed E-state index contributed by atoms with van der Waals surface area (Å²) >= 11 is 0. The Balaban J connectivity index is 1.72. The van der Waals surface area contributed by atoms with Crippen molar-refractivity contribution in [2.24, 2.45) is 0 Å². The van der Waals surface area contributed by atoms with Crippen molar-refractivity contribution in [1.82, 2.24) is 25.0 Å². The van der Waals surface area contributed by atoms with Crippen molar-refractivity contribution in [3.05, 3.63) is 36.0 Å². The van der Waals surface area contributed by atoms with Gasteiger partial charge in [-0.25, -0.2) is 9.97 Å². The van der Waals surface area contributed by atoms with Crippen LogP contribution in [0.4, 0.5) is 0 Å². The molecule has 0 aromatic carbocycles. The summed E-state index contributed by atoms with van der Waals surface area (Å²) in [4.78, 5) is 26.7. The first-order valence-electron chi connectivity index (χ1n) is 7.55.